The van der Waals surface area contributed by atoms with Gasteiger partial charge in [-0.15, -0.1) is 0 Å². The molecule has 1 aromatic carbocycles. The predicted molar refractivity (Wildman–Crippen MR) is 88.8 cm³/mol. The van der Waals surface area contributed by atoms with Crippen LogP contribution < -0.4 is 0 Å². The van der Waals surface area contributed by atoms with Crippen molar-refractivity contribution in [2.75, 3.05) is 19.8 Å². The minimum Gasteiger partial charge on any atom is -0.394 e. The number of ether oxygens (including phenoxy) is 1. The van der Waals surface area contributed by atoms with Gasteiger partial charge in [0.25, 0.3) is 5.91 Å². The number of aromatic nitrogens is 2. The van der Waals surface area contributed by atoms with Crippen LogP contribution in [0, 0.1) is 0 Å². The van der Waals surface area contributed by atoms with Gasteiger partial charge in [-0.1, -0.05) is 35.5 Å². The van der Waals surface area contributed by atoms with Crippen LogP contribution in [0.5, 0.6) is 0 Å². The molecule has 3 aromatic rings. The van der Waals surface area contributed by atoms with Gasteiger partial charge in [-0.25, -0.2) is 4.98 Å². The van der Waals surface area contributed by atoms with Gasteiger partial charge in [0, 0.05) is 12.7 Å². The van der Waals surface area contributed by atoms with Crippen molar-refractivity contribution in [1.82, 2.24) is 15.0 Å². The number of carbonyl (C=O) groups excluding carboxylic acids is 1. The molecule has 1 amide bonds. The van der Waals surface area contributed by atoms with Gasteiger partial charge >= 0.3 is 0 Å². The molecule has 7 nitrogen and oxygen atoms in total. The first-order chi connectivity index (χ1) is 12.3. The Kier molecular flexibility index (Phi) is 4.17. The second-order valence-electron chi connectivity index (χ2n) is 5.83. The van der Waals surface area contributed by atoms with Gasteiger partial charge in [0.05, 0.1) is 24.6 Å². The third kappa shape index (κ3) is 2.77. The van der Waals surface area contributed by atoms with Crippen molar-refractivity contribution in [2.24, 2.45) is 0 Å². The van der Waals surface area contributed by atoms with Gasteiger partial charge in [0.2, 0.25) is 11.4 Å². The van der Waals surface area contributed by atoms with Gasteiger partial charge in [-0.2, -0.15) is 0 Å². The number of fused-ring (bicyclic) bond motifs is 1. The summed E-state index contributed by atoms with van der Waals surface area (Å²) in [4.78, 5) is 18.9. The lowest BCUT2D eigenvalue weighted by atomic mass is 9.98. The summed E-state index contributed by atoms with van der Waals surface area (Å²) < 4.78 is 11.0. The molecule has 4 rings (SSSR count). The normalized spacial score (nSPS) is 20.8. The highest BCUT2D eigenvalue weighted by Gasteiger charge is 2.38. The number of benzene rings is 1. The zero-order valence-corrected chi connectivity index (χ0v) is 13.4. The molecule has 2 aromatic heterocycles. The van der Waals surface area contributed by atoms with Crippen molar-refractivity contribution in [1.29, 1.82) is 0 Å². The highest BCUT2D eigenvalue weighted by Crippen LogP contribution is 2.31. The van der Waals surface area contributed by atoms with Crippen molar-refractivity contribution in [2.45, 2.75) is 12.1 Å². The second kappa shape index (κ2) is 6.62. The van der Waals surface area contributed by atoms with E-state index in [2.05, 4.69) is 10.1 Å². The van der Waals surface area contributed by atoms with E-state index in [0.717, 1.165) is 5.56 Å². The molecule has 1 aliphatic heterocycles. The quantitative estimate of drug-likeness (QED) is 0.783. The van der Waals surface area contributed by atoms with Crippen LogP contribution in [0.15, 0.2) is 53.2 Å². The first-order valence-electron chi connectivity index (χ1n) is 8.08. The topological polar surface area (TPSA) is 88.7 Å². The number of morpholine rings is 1. The van der Waals surface area contributed by atoms with Crippen molar-refractivity contribution in [3.05, 3.63) is 60.0 Å². The smallest absolute Gasteiger partial charge is 0.293 e. The number of hydrogen-bond donors (Lipinski definition) is 1. The fourth-order valence-electron chi connectivity index (χ4n) is 3.23. The summed E-state index contributed by atoms with van der Waals surface area (Å²) >= 11 is 0. The maximum Gasteiger partial charge on any atom is 0.293 e. The molecule has 0 bridgehead atoms. The average molecular weight is 339 g/mol. The molecule has 1 N–H and O–H groups in total. The lowest BCUT2D eigenvalue weighted by Gasteiger charge is -2.40. The molecule has 0 unspecified atom stereocenters. The van der Waals surface area contributed by atoms with E-state index in [-0.39, 0.29) is 18.3 Å². The number of aliphatic hydroxyl groups is 1. The van der Waals surface area contributed by atoms with Crippen LogP contribution in [0.3, 0.4) is 0 Å². The maximum atomic E-state index is 13.1. The van der Waals surface area contributed by atoms with Gasteiger partial charge in [0.1, 0.15) is 6.10 Å². The summed E-state index contributed by atoms with van der Waals surface area (Å²) in [6.45, 7) is 0.573. The number of aliphatic hydroxyl groups excluding tert-OH is 1. The Morgan fingerprint density at radius 1 is 1.24 bits per heavy atom. The van der Waals surface area contributed by atoms with Crippen LogP contribution in [0.2, 0.25) is 0 Å². The minimum atomic E-state index is -0.493. The van der Waals surface area contributed by atoms with Crippen LogP contribution in [0.25, 0.3) is 11.0 Å². The first kappa shape index (κ1) is 15.7. The molecule has 0 spiro atoms. The van der Waals surface area contributed by atoms with E-state index in [4.69, 9.17) is 9.26 Å². The third-order valence-electron chi connectivity index (χ3n) is 4.38. The van der Waals surface area contributed by atoms with Crippen LogP contribution in [-0.2, 0) is 4.74 Å². The first-order valence-corrected chi connectivity index (χ1v) is 8.08. The summed E-state index contributed by atoms with van der Waals surface area (Å²) in [5.41, 5.74) is 1.30. The molecule has 128 valence electrons. The zero-order valence-electron chi connectivity index (χ0n) is 13.4. The standard InChI is InChI=1S/C18H17N3O4/c22-11-14-15(12-5-2-1-3-6-12)21(9-10-24-14)18(23)16-13-7-4-8-19-17(13)20-25-16/h1-8,14-15,22H,9-11H2/t14-,15-/m0/s1. The highest BCUT2D eigenvalue weighted by atomic mass is 16.5. The zero-order chi connectivity index (χ0) is 17.2. The summed E-state index contributed by atoms with van der Waals surface area (Å²) in [6, 6.07) is 12.6. The molecule has 1 fully saturated rings. The van der Waals surface area contributed by atoms with Crippen LogP contribution in [0.4, 0.5) is 0 Å². The number of amides is 1. The van der Waals surface area contributed by atoms with E-state index in [1.807, 2.05) is 30.3 Å². The van der Waals surface area contributed by atoms with Crippen LogP contribution >= 0.6 is 0 Å². The molecular formula is C18H17N3O4. The molecule has 0 saturated carbocycles. The molecule has 1 saturated heterocycles. The Labute approximate surface area is 143 Å². The molecule has 25 heavy (non-hydrogen) atoms. The van der Waals surface area contributed by atoms with E-state index >= 15 is 0 Å². The molecule has 3 heterocycles. The predicted octanol–water partition coefficient (Wildman–Crippen LogP) is 1.80. The van der Waals surface area contributed by atoms with Gasteiger partial charge in [-0.3, -0.25) is 4.79 Å². The molecule has 0 radical (unpaired) electrons. The summed E-state index contributed by atoms with van der Waals surface area (Å²) in [7, 11) is 0. The Balaban J connectivity index is 1.74. The number of rotatable bonds is 3. The number of pyridine rings is 1. The highest BCUT2D eigenvalue weighted by molar-refractivity contribution is 6.02. The molecule has 2 atom stereocenters. The summed E-state index contributed by atoms with van der Waals surface area (Å²) in [6.07, 6.45) is 1.11. The van der Waals surface area contributed by atoms with Crippen LogP contribution in [-0.4, -0.2) is 51.9 Å². The minimum absolute atomic E-state index is 0.155. The van der Waals surface area contributed by atoms with E-state index in [1.165, 1.54) is 0 Å². The molecular weight excluding hydrogens is 322 g/mol. The lowest BCUT2D eigenvalue weighted by Crippen LogP contribution is -2.49. The van der Waals surface area contributed by atoms with E-state index < -0.39 is 12.1 Å². The molecule has 1 aliphatic rings. The Morgan fingerprint density at radius 2 is 2.08 bits per heavy atom. The lowest BCUT2D eigenvalue weighted by molar-refractivity contribution is -0.0818. The number of carbonyl (C=O) groups is 1. The second-order valence-corrected chi connectivity index (χ2v) is 5.83. The summed E-state index contributed by atoms with van der Waals surface area (Å²) in [5, 5.41) is 14.1. The average Bonchev–Trinajstić information content (AvgIpc) is 3.11. The van der Waals surface area contributed by atoms with Crippen molar-refractivity contribution in [3.8, 4) is 0 Å². The number of hydrogen-bond acceptors (Lipinski definition) is 6. The fourth-order valence-corrected chi connectivity index (χ4v) is 3.23. The van der Waals surface area contributed by atoms with Crippen molar-refractivity contribution >= 4 is 16.9 Å². The largest absolute Gasteiger partial charge is 0.394 e. The third-order valence-corrected chi connectivity index (χ3v) is 4.38. The Hall–Kier alpha value is -2.77. The molecule has 0 aliphatic carbocycles. The maximum absolute atomic E-state index is 13.1. The van der Waals surface area contributed by atoms with Gasteiger partial charge in [0.15, 0.2) is 0 Å². The van der Waals surface area contributed by atoms with Crippen LogP contribution in [0.1, 0.15) is 22.2 Å². The van der Waals surface area contributed by atoms with Crippen molar-refractivity contribution < 1.29 is 19.2 Å². The van der Waals surface area contributed by atoms with E-state index in [0.29, 0.717) is 24.2 Å². The number of nitrogens with zero attached hydrogens (tertiary/aromatic N) is 3. The Bertz CT molecular complexity index is 880. The fraction of sp³-hybridized carbons (Fsp3) is 0.278. The van der Waals surface area contributed by atoms with E-state index in [9.17, 15) is 9.90 Å². The SMILES string of the molecule is O=C(c1onc2ncccc12)N1CCO[C@@H](CO)[C@@H]1c1ccccc1. The van der Waals surface area contributed by atoms with Gasteiger partial charge in [-0.05, 0) is 17.7 Å². The summed E-state index contributed by atoms with van der Waals surface area (Å²) in [5.74, 6) is -0.131. The Morgan fingerprint density at radius 3 is 2.88 bits per heavy atom. The monoisotopic (exact) mass is 339 g/mol. The van der Waals surface area contributed by atoms with Crippen molar-refractivity contribution in [3.63, 3.8) is 0 Å². The molecule has 7 heteroatoms. The van der Waals surface area contributed by atoms with E-state index in [1.54, 1.807) is 23.2 Å². The van der Waals surface area contributed by atoms with Gasteiger partial charge < -0.3 is 19.3 Å².